The van der Waals surface area contributed by atoms with Gasteiger partial charge in [-0.15, -0.1) is 0 Å². The first kappa shape index (κ1) is 15.8. The predicted molar refractivity (Wildman–Crippen MR) is 76.2 cm³/mol. The molecule has 20 heavy (non-hydrogen) atoms. The van der Waals surface area contributed by atoms with Crippen molar-refractivity contribution in [2.24, 2.45) is 0 Å². The number of Topliss-reactive ketones (excluding diaryl/α,β-unsaturated/α-hetero) is 1. The van der Waals surface area contributed by atoms with Crippen LogP contribution in [0.15, 0.2) is 0 Å². The molecule has 3 atom stereocenters. The van der Waals surface area contributed by atoms with Gasteiger partial charge in [0.15, 0.2) is 22.7 Å². The summed E-state index contributed by atoms with van der Waals surface area (Å²) in [5.41, 5.74) is 0. The van der Waals surface area contributed by atoms with Gasteiger partial charge in [-0.2, -0.15) is 0 Å². The third-order valence-electron chi connectivity index (χ3n) is 2.87. The van der Waals surface area contributed by atoms with E-state index in [0.29, 0.717) is 0 Å². The average molecular weight is 318 g/mol. The van der Waals surface area contributed by atoms with Crippen LogP contribution >= 0.6 is 0 Å². The number of ketones is 1. The molecular weight excluding hydrogens is 296 g/mol. The smallest absolute Gasteiger partial charge is 0.381 e. The summed E-state index contributed by atoms with van der Waals surface area (Å²) in [6.45, 7) is 12.1. The van der Waals surface area contributed by atoms with Crippen LogP contribution in [0.4, 0.5) is 0 Å². The van der Waals surface area contributed by atoms with E-state index in [1.54, 1.807) is 0 Å². The first-order valence-corrected chi connectivity index (χ1v) is 13.5. The normalized spacial score (nSPS) is 34.3. The van der Waals surface area contributed by atoms with Crippen LogP contribution in [0, 0.1) is 0 Å². The summed E-state index contributed by atoms with van der Waals surface area (Å²) in [5.74, 6) is -3.23. The molecule has 0 spiro atoms. The first-order valence-electron chi connectivity index (χ1n) is 6.72. The van der Waals surface area contributed by atoms with Crippen molar-refractivity contribution in [1.82, 2.24) is 0 Å². The molecule has 0 aromatic rings. The van der Waals surface area contributed by atoms with E-state index in [-0.39, 0.29) is 6.61 Å². The van der Waals surface area contributed by atoms with Gasteiger partial charge >= 0.3 is 11.8 Å². The second kappa shape index (κ2) is 4.74. The highest BCUT2D eigenvalue weighted by molar-refractivity contribution is 6.70. The van der Waals surface area contributed by atoms with Crippen LogP contribution in [0.1, 0.15) is 0 Å². The van der Waals surface area contributed by atoms with Crippen LogP contribution in [0.25, 0.3) is 0 Å². The van der Waals surface area contributed by atoms with Gasteiger partial charge in [0.05, 0.1) is 6.61 Å². The molecule has 0 aromatic heterocycles. The van der Waals surface area contributed by atoms with Gasteiger partial charge in [-0.25, -0.2) is 4.79 Å². The van der Waals surface area contributed by atoms with E-state index in [1.807, 2.05) is 39.3 Å². The first-order chi connectivity index (χ1) is 8.95. The third kappa shape index (κ3) is 2.89. The van der Waals surface area contributed by atoms with Crippen LogP contribution in [0.3, 0.4) is 0 Å². The van der Waals surface area contributed by atoms with Gasteiger partial charge in [-0.3, -0.25) is 4.79 Å². The molecule has 2 aliphatic heterocycles. The minimum absolute atomic E-state index is 0.207. The molecule has 114 valence electrons. The van der Waals surface area contributed by atoms with Crippen molar-refractivity contribution < 1.29 is 27.9 Å². The Balaban J connectivity index is 2.28. The molecule has 0 radical (unpaired) electrons. The van der Waals surface area contributed by atoms with Crippen LogP contribution in [0.5, 0.6) is 0 Å². The van der Waals surface area contributed by atoms with Crippen LogP contribution in [-0.2, 0) is 27.9 Å². The third-order valence-corrected chi connectivity index (χ3v) is 4.80. The minimum Gasteiger partial charge on any atom is -0.447 e. The molecule has 0 aliphatic carbocycles. The van der Waals surface area contributed by atoms with E-state index in [9.17, 15) is 9.59 Å². The lowest BCUT2D eigenvalue weighted by molar-refractivity contribution is -0.181. The summed E-state index contributed by atoms with van der Waals surface area (Å²) >= 11 is 0. The zero-order chi connectivity index (χ0) is 15.3. The van der Waals surface area contributed by atoms with E-state index in [4.69, 9.17) is 18.3 Å². The minimum atomic E-state index is -2.10. The zero-order valence-corrected chi connectivity index (χ0v) is 14.8. The van der Waals surface area contributed by atoms with Crippen molar-refractivity contribution in [2.45, 2.75) is 57.3 Å². The van der Waals surface area contributed by atoms with E-state index >= 15 is 0 Å². The Kier molecular flexibility index (Phi) is 3.75. The van der Waals surface area contributed by atoms with Crippen LogP contribution in [0.2, 0.25) is 39.3 Å². The molecule has 8 heteroatoms. The Morgan fingerprint density at radius 1 is 1.10 bits per heavy atom. The molecule has 2 aliphatic rings. The maximum atomic E-state index is 12.2. The van der Waals surface area contributed by atoms with Crippen molar-refractivity contribution in [2.75, 3.05) is 6.61 Å². The molecule has 0 saturated carbocycles. The maximum absolute atomic E-state index is 12.2. The molecule has 0 bridgehead atoms. The Morgan fingerprint density at radius 3 is 2.20 bits per heavy atom. The lowest BCUT2D eigenvalue weighted by Crippen LogP contribution is -2.54. The summed E-state index contributed by atoms with van der Waals surface area (Å²) in [5, 5.41) is 0. The highest BCUT2D eigenvalue weighted by Crippen LogP contribution is 2.40. The number of carbonyl (C=O) groups excluding carboxylic acids is 2. The van der Waals surface area contributed by atoms with Gasteiger partial charge in [-0.05, 0) is 39.3 Å². The standard InChI is InChI=1S/C12H22O6Si2/c1-19(2,3)17-8-7-15-12(18-20(4,5)6)9(13)11(14)16-10(8)12/h8,10H,7H2,1-6H3/t8-,10+,12-/m0/s1. The molecule has 2 rings (SSSR count). The number of rotatable bonds is 4. The second-order valence-electron chi connectivity index (χ2n) is 7.12. The number of esters is 1. The summed E-state index contributed by atoms with van der Waals surface area (Å²) in [7, 11) is -3.94. The lowest BCUT2D eigenvalue weighted by Gasteiger charge is -2.32. The number of hydrogen-bond acceptors (Lipinski definition) is 6. The van der Waals surface area contributed by atoms with Crippen molar-refractivity contribution in [3.05, 3.63) is 0 Å². The largest absolute Gasteiger partial charge is 0.447 e. The van der Waals surface area contributed by atoms with E-state index in [0.717, 1.165) is 0 Å². The van der Waals surface area contributed by atoms with Crippen LogP contribution < -0.4 is 0 Å². The van der Waals surface area contributed by atoms with Gasteiger partial charge in [0, 0.05) is 0 Å². The number of carbonyl (C=O) groups is 2. The van der Waals surface area contributed by atoms with Crippen molar-refractivity contribution >= 4 is 28.4 Å². The SMILES string of the molecule is C[Si](C)(C)O[C@H]1CO[C@]2(O[Si](C)(C)C)C(=O)C(=O)O[C@H]12. The molecule has 0 amide bonds. The van der Waals surface area contributed by atoms with Crippen molar-refractivity contribution in [1.29, 1.82) is 0 Å². The average Bonchev–Trinajstić information content (AvgIpc) is 2.64. The second-order valence-corrected chi connectivity index (χ2v) is 16.0. The summed E-state index contributed by atoms with van der Waals surface area (Å²) in [6, 6.07) is 0. The summed E-state index contributed by atoms with van der Waals surface area (Å²) < 4.78 is 22.6. The fraction of sp³-hybridized carbons (Fsp3) is 0.833. The Morgan fingerprint density at radius 2 is 1.70 bits per heavy atom. The zero-order valence-electron chi connectivity index (χ0n) is 12.8. The molecule has 2 saturated heterocycles. The number of hydrogen-bond donors (Lipinski definition) is 0. The lowest BCUT2D eigenvalue weighted by atomic mass is 10.1. The fourth-order valence-corrected chi connectivity index (χ4v) is 4.70. The Hall–Kier alpha value is -0.546. The maximum Gasteiger partial charge on any atom is 0.381 e. The van der Waals surface area contributed by atoms with Gasteiger partial charge in [-0.1, -0.05) is 0 Å². The topological polar surface area (TPSA) is 71.1 Å². The molecule has 0 unspecified atom stereocenters. The highest BCUT2D eigenvalue weighted by Gasteiger charge is 2.68. The highest BCUT2D eigenvalue weighted by atomic mass is 28.4. The number of ether oxygens (including phenoxy) is 2. The predicted octanol–water partition coefficient (Wildman–Crippen LogP) is 1.28. The van der Waals surface area contributed by atoms with Gasteiger partial charge in [0.2, 0.25) is 0 Å². The van der Waals surface area contributed by atoms with E-state index < -0.39 is 46.4 Å². The molecule has 6 nitrogen and oxygen atoms in total. The number of fused-ring (bicyclic) bond motifs is 1. The Labute approximate surface area is 121 Å². The van der Waals surface area contributed by atoms with Crippen LogP contribution in [-0.4, -0.2) is 53.0 Å². The van der Waals surface area contributed by atoms with E-state index in [1.165, 1.54) is 0 Å². The van der Waals surface area contributed by atoms with Crippen molar-refractivity contribution in [3.8, 4) is 0 Å². The molecule has 0 N–H and O–H groups in total. The van der Waals surface area contributed by atoms with E-state index in [2.05, 4.69) is 0 Å². The van der Waals surface area contributed by atoms with Gasteiger partial charge < -0.3 is 18.3 Å². The molecule has 2 fully saturated rings. The summed E-state index contributed by atoms with van der Waals surface area (Å²) in [6.07, 6.45) is -1.23. The molecular formula is C12H22O6Si2. The molecule has 0 aromatic carbocycles. The monoisotopic (exact) mass is 318 g/mol. The van der Waals surface area contributed by atoms with Crippen molar-refractivity contribution in [3.63, 3.8) is 0 Å². The fourth-order valence-electron chi connectivity index (χ4n) is 2.42. The summed E-state index contributed by atoms with van der Waals surface area (Å²) in [4.78, 5) is 23.8. The molecule has 2 heterocycles. The quantitative estimate of drug-likeness (QED) is 0.442. The van der Waals surface area contributed by atoms with Gasteiger partial charge in [0.25, 0.3) is 5.79 Å². The van der Waals surface area contributed by atoms with Gasteiger partial charge in [0.1, 0.15) is 6.10 Å². The Bertz CT molecular complexity index is 438.